The van der Waals surface area contributed by atoms with Crippen molar-refractivity contribution in [1.29, 1.82) is 0 Å². The van der Waals surface area contributed by atoms with Gasteiger partial charge in [0.1, 0.15) is 28.4 Å². The first-order chi connectivity index (χ1) is 6.72. The van der Waals surface area contributed by atoms with Crippen LogP contribution in [0.2, 0.25) is 0 Å². The number of nitrogens with one attached hydrogen (secondary N) is 1. The van der Waals surface area contributed by atoms with Gasteiger partial charge in [0, 0.05) is 6.20 Å². The van der Waals surface area contributed by atoms with E-state index < -0.39 is 0 Å². The molecular weight excluding hydrogens is 180 g/mol. The molecule has 2 aromatic rings. The molecular formula is C9H12N4O. The molecule has 0 amide bonds. The highest BCUT2D eigenvalue weighted by molar-refractivity contribution is 5.92. The summed E-state index contributed by atoms with van der Waals surface area (Å²) < 4.78 is 5.39. The molecule has 5 heteroatoms. The van der Waals surface area contributed by atoms with Crippen molar-refractivity contribution in [2.24, 2.45) is 0 Å². The van der Waals surface area contributed by atoms with E-state index in [1.807, 2.05) is 6.92 Å². The van der Waals surface area contributed by atoms with Gasteiger partial charge in [-0.25, -0.2) is 9.97 Å². The molecule has 5 nitrogen and oxygen atoms in total. The number of aromatic nitrogens is 3. The van der Waals surface area contributed by atoms with Crippen LogP contribution in [0, 0.1) is 6.92 Å². The Morgan fingerprint density at radius 2 is 2.29 bits per heavy atom. The number of H-pyrrole nitrogens is 1. The van der Waals surface area contributed by atoms with Gasteiger partial charge in [-0.05, 0) is 13.8 Å². The van der Waals surface area contributed by atoms with Crippen molar-refractivity contribution in [3.8, 4) is 5.75 Å². The summed E-state index contributed by atoms with van der Waals surface area (Å²) in [5.41, 5.74) is 6.50. The molecule has 2 heterocycles. The summed E-state index contributed by atoms with van der Waals surface area (Å²) in [5.74, 6) is 1.82. The predicted octanol–water partition coefficient (Wildman–Crippen LogP) is 1.25. The summed E-state index contributed by atoms with van der Waals surface area (Å²) in [6.07, 6.45) is 1.75. The molecule has 2 rings (SSSR count). The van der Waals surface area contributed by atoms with Crippen LogP contribution in [0.1, 0.15) is 12.7 Å². The number of nitrogens with two attached hydrogens (primary N) is 1. The van der Waals surface area contributed by atoms with Crippen LogP contribution in [0.5, 0.6) is 5.75 Å². The lowest BCUT2D eigenvalue weighted by Gasteiger charge is -2.02. The van der Waals surface area contributed by atoms with Gasteiger partial charge < -0.3 is 15.5 Å². The van der Waals surface area contributed by atoms with Crippen LogP contribution >= 0.6 is 0 Å². The van der Waals surface area contributed by atoms with E-state index in [2.05, 4.69) is 15.0 Å². The van der Waals surface area contributed by atoms with Crippen molar-refractivity contribution < 1.29 is 4.74 Å². The SMILES string of the molecule is CCOc1c[nH]c2nc(C)nc(N)c12. The van der Waals surface area contributed by atoms with Crippen LogP contribution in [-0.4, -0.2) is 21.6 Å². The Morgan fingerprint density at radius 3 is 3.00 bits per heavy atom. The Bertz CT molecular complexity index is 463. The quantitative estimate of drug-likeness (QED) is 0.750. The Morgan fingerprint density at radius 1 is 1.50 bits per heavy atom. The first-order valence-electron chi connectivity index (χ1n) is 4.46. The third-order valence-electron chi connectivity index (χ3n) is 1.94. The number of nitrogen functional groups attached to an aromatic ring is 1. The van der Waals surface area contributed by atoms with Crippen molar-refractivity contribution in [3.05, 3.63) is 12.0 Å². The molecule has 0 bridgehead atoms. The van der Waals surface area contributed by atoms with Gasteiger partial charge in [-0.1, -0.05) is 0 Å². The Balaban J connectivity index is 2.66. The van der Waals surface area contributed by atoms with E-state index in [0.717, 1.165) is 11.0 Å². The smallest absolute Gasteiger partial charge is 0.149 e. The van der Waals surface area contributed by atoms with E-state index in [9.17, 15) is 0 Å². The molecule has 0 saturated heterocycles. The van der Waals surface area contributed by atoms with E-state index in [-0.39, 0.29) is 0 Å². The number of anilines is 1. The number of fused-ring (bicyclic) bond motifs is 1. The summed E-state index contributed by atoms with van der Waals surface area (Å²) in [4.78, 5) is 11.3. The van der Waals surface area contributed by atoms with Crippen molar-refractivity contribution >= 4 is 16.9 Å². The van der Waals surface area contributed by atoms with Crippen LogP contribution in [0.3, 0.4) is 0 Å². The summed E-state index contributed by atoms with van der Waals surface area (Å²) in [6.45, 7) is 4.32. The third-order valence-corrected chi connectivity index (χ3v) is 1.94. The van der Waals surface area contributed by atoms with Gasteiger partial charge in [0.15, 0.2) is 0 Å². The Labute approximate surface area is 81.3 Å². The molecule has 0 aromatic carbocycles. The largest absolute Gasteiger partial charge is 0.491 e. The monoisotopic (exact) mass is 192 g/mol. The molecule has 2 aromatic heterocycles. The van der Waals surface area contributed by atoms with Gasteiger partial charge >= 0.3 is 0 Å². The first kappa shape index (κ1) is 8.80. The number of nitrogens with zero attached hydrogens (tertiary/aromatic N) is 2. The van der Waals surface area contributed by atoms with E-state index in [0.29, 0.717) is 24.0 Å². The van der Waals surface area contributed by atoms with E-state index in [4.69, 9.17) is 10.5 Å². The molecule has 3 N–H and O–H groups in total. The fourth-order valence-corrected chi connectivity index (χ4v) is 1.42. The van der Waals surface area contributed by atoms with Crippen LogP contribution in [0.25, 0.3) is 11.0 Å². The van der Waals surface area contributed by atoms with Gasteiger partial charge in [0.05, 0.1) is 6.61 Å². The zero-order valence-corrected chi connectivity index (χ0v) is 8.16. The number of hydrogen-bond acceptors (Lipinski definition) is 4. The Kier molecular flexibility index (Phi) is 1.99. The molecule has 0 saturated carbocycles. The average molecular weight is 192 g/mol. The summed E-state index contributed by atoms with van der Waals surface area (Å²) in [7, 11) is 0. The molecule has 0 spiro atoms. The standard InChI is InChI=1S/C9H12N4O/c1-3-14-6-4-11-9-7(6)8(10)12-5(2)13-9/h4H,3H2,1-2H3,(H3,10,11,12,13). The third kappa shape index (κ3) is 1.26. The number of hydrogen-bond donors (Lipinski definition) is 2. The first-order valence-corrected chi connectivity index (χ1v) is 4.46. The maximum absolute atomic E-state index is 5.78. The fourth-order valence-electron chi connectivity index (χ4n) is 1.42. The highest BCUT2D eigenvalue weighted by atomic mass is 16.5. The highest BCUT2D eigenvalue weighted by Gasteiger charge is 2.10. The lowest BCUT2D eigenvalue weighted by Crippen LogP contribution is -1.98. The average Bonchev–Trinajstić information content (AvgIpc) is 2.49. The number of rotatable bonds is 2. The van der Waals surface area contributed by atoms with Gasteiger partial charge in [-0.3, -0.25) is 0 Å². The molecule has 0 unspecified atom stereocenters. The summed E-state index contributed by atoms with van der Waals surface area (Å²) in [6, 6.07) is 0. The molecule has 0 aliphatic carbocycles. The van der Waals surface area contributed by atoms with Gasteiger partial charge in [-0.15, -0.1) is 0 Å². The zero-order chi connectivity index (χ0) is 10.1. The second-order valence-corrected chi connectivity index (χ2v) is 2.97. The minimum Gasteiger partial charge on any atom is -0.491 e. The Hall–Kier alpha value is -1.78. The van der Waals surface area contributed by atoms with Crippen molar-refractivity contribution in [3.63, 3.8) is 0 Å². The van der Waals surface area contributed by atoms with Crippen LogP contribution in [0.4, 0.5) is 5.82 Å². The van der Waals surface area contributed by atoms with E-state index in [1.54, 1.807) is 13.1 Å². The van der Waals surface area contributed by atoms with Crippen LogP contribution < -0.4 is 10.5 Å². The summed E-state index contributed by atoms with van der Waals surface area (Å²) >= 11 is 0. The molecule has 0 radical (unpaired) electrons. The molecule has 0 fully saturated rings. The maximum Gasteiger partial charge on any atom is 0.149 e. The number of aromatic amines is 1. The normalized spacial score (nSPS) is 10.7. The van der Waals surface area contributed by atoms with E-state index >= 15 is 0 Å². The molecule has 14 heavy (non-hydrogen) atoms. The lowest BCUT2D eigenvalue weighted by molar-refractivity contribution is 0.344. The zero-order valence-electron chi connectivity index (χ0n) is 8.16. The lowest BCUT2D eigenvalue weighted by atomic mass is 10.3. The fraction of sp³-hybridized carbons (Fsp3) is 0.333. The second-order valence-electron chi connectivity index (χ2n) is 2.97. The van der Waals surface area contributed by atoms with Crippen molar-refractivity contribution in [2.45, 2.75) is 13.8 Å². The van der Waals surface area contributed by atoms with E-state index in [1.165, 1.54) is 0 Å². The highest BCUT2D eigenvalue weighted by Crippen LogP contribution is 2.28. The van der Waals surface area contributed by atoms with Crippen LogP contribution in [0.15, 0.2) is 6.20 Å². The molecule has 0 atom stereocenters. The minimum absolute atomic E-state index is 0.456. The maximum atomic E-state index is 5.78. The van der Waals surface area contributed by atoms with Crippen LogP contribution in [-0.2, 0) is 0 Å². The molecule has 74 valence electrons. The number of ether oxygens (including phenoxy) is 1. The molecule has 0 aliphatic rings. The summed E-state index contributed by atoms with van der Waals surface area (Å²) in [5, 5.41) is 0.762. The topological polar surface area (TPSA) is 76.8 Å². The van der Waals surface area contributed by atoms with Gasteiger partial charge in [0.25, 0.3) is 0 Å². The van der Waals surface area contributed by atoms with Gasteiger partial charge in [0.2, 0.25) is 0 Å². The van der Waals surface area contributed by atoms with Crippen molar-refractivity contribution in [1.82, 2.24) is 15.0 Å². The molecule has 0 aliphatic heterocycles. The number of aryl methyl sites for hydroxylation is 1. The predicted molar refractivity (Wildman–Crippen MR) is 54.2 cm³/mol. The second kappa shape index (κ2) is 3.17. The minimum atomic E-state index is 0.456. The van der Waals surface area contributed by atoms with Crippen molar-refractivity contribution in [2.75, 3.05) is 12.3 Å². The van der Waals surface area contributed by atoms with Gasteiger partial charge in [-0.2, -0.15) is 0 Å².